The average molecular weight is 283 g/mol. The van der Waals surface area contributed by atoms with Gasteiger partial charge in [-0.3, -0.25) is 4.18 Å². The molecule has 5 atom stereocenters. The highest BCUT2D eigenvalue weighted by Crippen LogP contribution is 2.29. The number of hydrogen-bond donors (Lipinski definition) is 0. The second-order valence-electron chi connectivity index (χ2n) is 4.33. The fourth-order valence-electron chi connectivity index (χ4n) is 2.44. The Morgan fingerprint density at radius 1 is 1.17 bits per heavy atom. The second kappa shape index (κ2) is 6.27. The average Bonchev–Trinajstić information content (AvgIpc) is 2.25. The first-order chi connectivity index (χ1) is 8.30. The van der Waals surface area contributed by atoms with Gasteiger partial charge in [0.1, 0.15) is 6.10 Å². The highest BCUT2D eigenvalue weighted by atomic mass is 32.3. The molecular formula is C10H19O7S-. The van der Waals surface area contributed by atoms with Gasteiger partial charge in [-0.25, -0.2) is 8.42 Å². The third-order valence-corrected chi connectivity index (χ3v) is 3.60. The van der Waals surface area contributed by atoms with Crippen molar-refractivity contribution >= 4 is 10.4 Å². The van der Waals surface area contributed by atoms with Crippen LogP contribution in [0.5, 0.6) is 0 Å². The summed E-state index contributed by atoms with van der Waals surface area (Å²) in [7, 11) is -1.66. The van der Waals surface area contributed by atoms with E-state index in [4.69, 9.17) is 14.2 Å². The molecule has 108 valence electrons. The van der Waals surface area contributed by atoms with Crippen LogP contribution in [0.3, 0.4) is 0 Å². The summed E-state index contributed by atoms with van der Waals surface area (Å²) in [5, 5.41) is 0. The van der Waals surface area contributed by atoms with E-state index < -0.39 is 22.6 Å². The van der Waals surface area contributed by atoms with Gasteiger partial charge in [0.25, 0.3) is 0 Å². The van der Waals surface area contributed by atoms with Crippen LogP contribution in [0.15, 0.2) is 0 Å². The molecule has 8 heteroatoms. The lowest BCUT2D eigenvalue weighted by Crippen LogP contribution is -2.55. The van der Waals surface area contributed by atoms with Gasteiger partial charge in [-0.05, 0) is 6.92 Å². The minimum Gasteiger partial charge on any atom is -0.726 e. The molecule has 2 unspecified atom stereocenters. The molecular weight excluding hydrogens is 264 g/mol. The number of ether oxygens (including phenoxy) is 3. The van der Waals surface area contributed by atoms with Crippen molar-refractivity contribution in [1.29, 1.82) is 0 Å². The Bertz CT molecular complexity index is 355. The van der Waals surface area contributed by atoms with Gasteiger partial charge in [-0.1, -0.05) is 6.92 Å². The van der Waals surface area contributed by atoms with Crippen molar-refractivity contribution < 1.29 is 31.4 Å². The normalized spacial score (nSPS) is 37.7. The maximum absolute atomic E-state index is 10.5. The van der Waals surface area contributed by atoms with Crippen LogP contribution < -0.4 is 0 Å². The zero-order chi connectivity index (χ0) is 13.9. The molecule has 0 aromatic heterocycles. The van der Waals surface area contributed by atoms with Gasteiger partial charge < -0.3 is 18.8 Å². The molecule has 1 rings (SSSR count). The molecule has 0 saturated carbocycles. The van der Waals surface area contributed by atoms with Crippen molar-refractivity contribution in [3.8, 4) is 0 Å². The lowest BCUT2D eigenvalue weighted by molar-refractivity contribution is -0.212. The summed E-state index contributed by atoms with van der Waals surface area (Å²) in [6.45, 7) is 3.38. The number of hydrogen-bond acceptors (Lipinski definition) is 7. The molecule has 0 radical (unpaired) electrons. The van der Waals surface area contributed by atoms with Gasteiger partial charge in [0.05, 0.1) is 24.9 Å². The molecule has 0 N–H and O–H groups in total. The Morgan fingerprint density at radius 2 is 1.72 bits per heavy atom. The van der Waals surface area contributed by atoms with E-state index in [1.807, 2.05) is 13.8 Å². The lowest BCUT2D eigenvalue weighted by atomic mass is 9.88. The first-order valence-electron chi connectivity index (χ1n) is 5.61. The SMILES string of the molecule is COC1C(C)[C@H](OC)[C@H](COS(=O)(=O)[O-])O[C@@H]1C. The van der Waals surface area contributed by atoms with Gasteiger partial charge in [0, 0.05) is 20.1 Å². The Morgan fingerprint density at radius 3 is 2.17 bits per heavy atom. The van der Waals surface area contributed by atoms with Gasteiger partial charge in [-0.15, -0.1) is 0 Å². The molecule has 1 aliphatic rings. The first-order valence-corrected chi connectivity index (χ1v) is 6.94. The quantitative estimate of drug-likeness (QED) is 0.514. The van der Waals surface area contributed by atoms with Crippen molar-refractivity contribution in [2.24, 2.45) is 5.92 Å². The van der Waals surface area contributed by atoms with Crippen LogP contribution in [0.1, 0.15) is 13.8 Å². The summed E-state index contributed by atoms with van der Waals surface area (Å²) >= 11 is 0. The Labute approximate surface area is 107 Å². The third kappa shape index (κ3) is 3.87. The van der Waals surface area contributed by atoms with Crippen molar-refractivity contribution in [3.63, 3.8) is 0 Å². The Balaban J connectivity index is 2.73. The van der Waals surface area contributed by atoms with E-state index in [1.165, 1.54) is 7.11 Å². The highest BCUT2D eigenvalue weighted by Gasteiger charge is 2.42. The van der Waals surface area contributed by atoms with E-state index in [0.717, 1.165) is 0 Å². The fourth-order valence-corrected chi connectivity index (χ4v) is 2.74. The monoisotopic (exact) mass is 283 g/mol. The van der Waals surface area contributed by atoms with Crippen molar-refractivity contribution in [2.75, 3.05) is 20.8 Å². The van der Waals surface area contributed by atoms with Crippen molar-refractivity contribution in [2.45, 2.75) is 38.3 Å². The van der Waals surface area contributed by atoms with E-state index >= 15 is 0 Å². The van der Waals surface area contributed by atoms with Gasteiger partial charge >= 0.3 is 0 Å². The molecule has 1 aliphatic heterocycles. The summed E-state index contributed by atoms with van der Waals surface area (Å²) in [5.41, 5.74) is 0. The third-order valence-electron chi connectivity index (χ3n) is 3.18. The zero-order valence-electron chi connectivity index (χ0n) is 10.9. The molecule has 1 saturated heterocycles. The molecule has 0 aliphatic carbocycles. The molecule has 1 heterocycles. The maximum Gasteiger partial charge on any atom is 0.217 e. The first kappa shape index (κ1) is 15.8. The molecule has 0 aromatic rings. The molecule has 0 spiro atoms. The lowest BCUT2D eigenvalue weighted by Gasteiger charge is -2.43. The van der Waals surface area contributed by atoms with E-state index in [0.29, 0.717) is 0 Å². The number of rotatable bonds is 5. The van der Waals surface area contributed by atoms with Crippen molar-refractivity contribution in [1.82, 2.24) is 0 Å². The standard InChI is InChI=1S/C10H20O7S/c1-6-9(14-3)7(2)17-8(10(6)15-4)5-16-18(11,12)13/h6-10H,5H2,1-4H3,(H,11,12,13)/p-1/t6?,7-,8+,9?,10+/m1/s1. The van der Waals surface area contributed by atoms with E-state index in [-0.39, 0.29) is 24.7 Å². The minimum absolute atomic E-state index is 0.00768. The van der Waals surface area contributed by atoms with E-state index in [2.05, 4.69) is 4.18 Å². The van der Waals surface area contributed by atoms with Crippen LogP contribution >= 0.6 is 0 Å². The Kier molecular flexibility index (Phi) is 5.50. The van der Waals surface area contributed by atoms with Gasteiger partial charge in [0.2, 0.25) is 10.4 Å². The predicted molar refractivity (Wildman–Crippen MR) is 60.7 cm³/mol. The molecule has 0 amide bonds. The smallest absolute Gasteiger partial charge is 0.217 e. The summed E-state index contributed by atoms with van der Waals surface area (Å²) < 4.78 is 51.8. The second-order valence-corrected chi connectivity index (χ2v) is 5.38. The van der Waals surface area contributed by atoms with Crippen LogP contribution in [0.4, 0.5) is 0 Å². The molecule has 18 heavy (non-hydrogen) atoms. The van der Waals surface area contributed by atoms with E-state index in [9.17, 15) is 13.0 Å². The molecule has 1 fully saturated rings. The van der Waals surface area contributed by atoms with Crippen LogP contribution in [-0.2, 0) is 28.8 Å². The summed E-state index contributed by atoms with van der Waals surface area (Å²) in [6, 6.07) is 0. The largest absolute Gasteiger partial charge is 0.726 e. The number of methoxy groups -OCH3 is 2. The van der Waals surface area contributed by atoms with Gasteiger partial charge in [-0.2, -0.15) is 0 Å². The topological polar surface area (TPSA) is 94.1 Å². The fraction of sp³-hybridized carbons (Fsp3) is 1.00. The van der Waals surface area contributed by atoms with Crippen LogP contribution in [0.2, 0.25) is 0 Å². The predicted octanol–water partition coefficient (Wildman–Crippen LogP) is -0.0834. The maximum atomic E-state index is 10.5. The van der Waals surface area contributed by atoms with E-state index in [1.54, 1.807) is 7.11 Å². The van der Waals surface area contributed by atoms with Crippen LogP contribution in [-0.4, -0.2) is 58.2 Å². The van der Waals surface area contributed by atoms with Crippen LogP contribution in [0, 0.1) is 5.92 Å². The summed E-state index contributed by atoms with van der Waals surface area (Å²) in [6.07, 6.45) is -1.41. The molecule has 7 nitrogen and oxygen atoms in total. The van der Waals surface area contributed by atoms with Crippen molar-refractivity contribution in [3.05, 3.63) is 0 Å². The zero-order valence-corrected chi connectivity index (χ0v) is 11.7. The molecule has 0 bridgehead atoms. The van der Waals surface area contributed by atoms with Crippen LogP contribution in [0.25, 0.3) is 0 Å². The Hall–Kier alpha value is -0.250. The summed E-state index contributed by atoms with van der Waals surface area (Å²) in [4.78, 5) is 0. The highest BCUT2D eigenvalue weighted by molar-refractivity contribution is 7.80. The minimum atomic E-state index is -4.73. The summed E-state index contributed by atoms with van der Waals surface area (Å²) in [5.74, 6) is -0.00768. The van der Waals surface area contributed by atoms with Gasteiger partial charge in [0.15, 0.2) is 0 Å². The molecule has 0 aromatic carbocycles.